The molecule has 0 saturated carbocycles. The van der Waals surface area contributed by atoms with Crippen LogP contribution in [0, 0.1) is 0 Å². The zero-order valence-electron chi connectivity index (χ0n) is 10.2. The summed E-state index contributed by atoms with van der Waals surface area (Å²) in [6.45, 7) is 3.26. The van der Waals surface area contributed by atoms with Crippen LogP contribution in [0.4, 0.5) is 0 Å². The van der Waals surface area contributed by atoms with E-state index in [9.17, 15) is 0 Å². The van der Waals surface area contributed by atoms with Crippen molar-refractivity contribution >= 4 is 16.4 Å². The second-order valence-corrected chi connectivity index (χ2v) is 6.55. The van der Waals surface area contributed by atoms with Crippen LogP contribution in [-0.4, -0.2) is 30.1 Å². The summed E-state index contributed by atoms with van der Waals surface area (Å²) < 4.78 is 5.62. The first-order valence-corrected chi connectivity index (χ1v) is 8.15. The molecule has 1 aliphatic rings. The molecule has 1 fully saturated rings. The summed E-state index contributed by atoms with van der Waals surface area (Å²) in [4.78, 5) is 0. The molecule has 15 heavy (non-hydrogen) atoms. The lowest BCUT2D eigenvalue weighted by Gasteiger charge is -2.10. The van der Waals surface area contributed by atoms with Gasteiger partial charge in [0.05, 0.1) is 6.10 Å². The fourth-order valence-corrected chi connectivity index (χ4v) is 3.44. The maximum Gasteiger partial charge on any atom is 0.0576 e. The molecular weight excluding hydrogens is 204 g/mol. The Balaban J connectivity index is 1.91. The number of ether oxygens (including phenoxy) is 1. The van der Waals surface area contributed by atoms with Crippen LogP contribution in [0.25, 0.3) is 0 Å². The summed E-state index contributed by atoms with van der Waals surface area (Å²) in [6, 6.07) is 0. The van der Waals surface area contributed by atoms with Crippen molar-refractivity contribution in [2.75, 3.05) is 18.1 Å². The van der Waals surface area contributed by atoms with Crippen molar-refractivity contribution in [2.45, 2.75) is 58.0 Å². The van der Waals surface area contributed by atoms with Crippen LogP contribution in [-0.2, 0) is 4.74 Å². The Morgan fingerprint density at radius 1 is 1.27 bits per heavy atom. The standard InChI is InChI=1S/C13H26OS/c1-3-4-5-11-15(2)12-7-9-13-8-6-10-14-13/h13H,2-12H2,1H3. The molecule has 0 aromatic heterocycles. The zero-order valence-corrected chi connectivity index (χ0v) is 11.0. The molecule has 0 aromatic rings. The van der Waals surface area contributed by atoms with Crippen LogP contribution in [0.15, 0.2) is 0 Å². The maximum absolute atomic E-state index is 5.62. The number of hydrogen-bond acceptors (Lipinski definition) is 1. The van der Waals surface area contributed by atoms with E-state index in [1.165, 1.54) is 56.5 Å². The Hall–Kier alpha value is 0.180. The zero-order chi connectivity index (χ0) is 10.9. The Morgan fingerprint density at radius 3 is 2.73 bits per heavy atom. The van der Waals surface area contributed by atoms with Crippen molar-refractivity contribution in [3.63, 3.8) is 0 Å². The van der Waals surface area contributed by atoms with E-state index in [-0.39, 0.29) is 0 Å². The molecule has 1 rings (SSSR count). The first-order valence-electron chi connectivity index (χ1n) is 6.41. The normalized spacial score (nSPS) is 23.1. The van der Waals surface area contributed by atoms with Gasteiger partial charge in [0.2, 0.25) is 0 Å². The van der Waals surface area contributed by atoms with Gasteiger partial charge in [-0.1, -0.05) is 25.6 Å². The van der Waals surface area contributed by atoms with Crippen molar-refractivity contribution in [1.82, 2.24) is 0 Å². The van der Waals surface area contributed by atoms with E-state index < -0.39 is 0 Å². The molecule has 0 amide bonds. The van der Waals surface area contributed by atoms with E-state index in [2.05, 4.69) is 12.8 Å². The Morgan fingerprint density at radius 2 is 2.07 bits per heavy atom. The van der Waals surface area contributed by atoms with Gasteiger partial charge >= 0.3 is 0 Å². The quantitative estimate of drug-likeness (QED) is 0.455. The molecule has 0 spiro atoms. The predicted molar refractivity (Wildman–Crippen MR) is 72.2 cm³/mol. The molecule has 1 heterocycles. The molecule has 0 radical (unpaired) electrons. The molecule has 1 nitrogen and oxygen atoms in total. The monoisotopic (exact) mass is 230 g/mol. The summed E-state index contributed by atoms with van der Waals surface area (Å²) in [6.07, 6.45) is 9.83. The van der Waals surface area contributed by atoms with Crippen LogP contribution in [0.1, 0.15) is 51.9 Å². The molecule has 90 valence electrons. The van der Waals surface area contributed by atoms with Crippen molar-refractivity contribution in [1.29, 1.82) is 0 Å². The summed E-state index contributed by atoms with van der Waals surface area (Å²) in [7, 11) is 0.423. The molecule has 0 bridgehead atoms. The third kappa shape index (κ3) is 6.36. The van der Waals surface area contributed by atoms with Crippen molar-refractivity contribution in [2.24, 2.45) is 0 Å². The van der Waals surface area contributed by atoms with Gasteiger partial charge in [-0.2, -0.15) is 10.5 Å². The van der Waals surface area contributed by atoms with Crippen LogP contribution in [0.2, 0.25) is 0 Å². The highest BCUT2D eigenvalue weighted by Crippen LogP contribution is 2.20. The summed E-state index contributed by atoms with van der Waals surface area (Å²) in [5.74, 6) is 6.93. The molecule has 1 aliphatic heterocycles. The average Bonchev–Trinajstić information content (AvgIpc) is 2.71. The van der Waals surface area contributed by atoms with E-state index in [4.69, 9.17) is 4.74 Å². The van der Waals surface area contributed by atoms with Gasteiger partial charge in [0.1, 0.15) is 0 Å². The maximum atomic E-state index is 5.62. The lowest BCUT2D eigenvalue weighted by molar-refractivity contribution is 0.104. The highest BCUT2D eigenvalue weighted by atomic mass is 32.2. The molecule has 0 N–H and O–H groups in total. The van der Waals surface area contributed by atoms with Crippen molar-refractivity contribution in [3.8, 4) is 0 Å². The highest BCUT2D eigenvalue weighted by Gasteiger charge is 2.14. The Bertz CT molecular complexity index is 173. The van der Waals surface area contributed by atoms with E-state index in [1.807, 2.05) is 0 Å². The fraction of sp³-hybridized carbons (Fsp3) is 0.923. The molecule has 0 aliphatic carbocycles. The minimum Gasteiger partial charge on any atom is -0.378 e. The van der Waals surface area contributed by atoms with E-state index in [1.54, 1.807) is 0 Å². The molecule has 1 saturated heterocycles. The second-order valence-electron chi connectivity index (χ2n) is 4.50. The topological polar surface area (TPSA) is 9.23 Å². The van der Waals surface area contributed by atoms with Crippen LogP contribution in [0.5, 0.6) is 0 Å². The molecule has 2 heteroatoms. The Labute approximate surface area is 97.5 Å². The van der Waals surface area contributed by atoms with E-state index >= 15 is 0 Å². The van der Waals surface area contributed by atoms with Gasteiger partial charge in [0.25, 0.3) is 0 Å². The molecular formula is C13H26OS. The molecule has 2 unspecified atom stereocenters. The molecule has 2 atom stereocenters. The summed E-state index contributed by atoms with van der Waals surface area (Å²) >= 11 is 0. The van der Waals surface area contributed by atoms with Gasteiger partial charge < -0.3 is 4.74 Å². The lowest BCUT2D eigenvalue weighted by Crippen LogP contribution is -2.05. The van der Waals surface area contributed by atoms with Crippen LogP contribution < -0.4 is 0 Å². The van der Waals surface area contributed by atoms with Crippen molar-refractivity contribution < 1.29 is 4.74 Å². The number of hydrogen-bond donors (Lipinski definition) is 0. The molecule has 0 aromatic carbocycles. The van der Waals surface area contributed by atoms with Gasteiger partial charge in [0.15, 0.2) is 0 Å². The third-order valence-electron chi connectivity index (χ3n) is 3.02. The average molecular weight is 230 g/mol. The first kappa shape index (κ1) is 13.2. The largest absolute Gasteiger partial charge is 0.378 e. The second kappa shape index (κ2) is 8.35. The minimum atomic E-state index is 0.423. The van der Waals surface area contributed by atoms with Gasteiger partial charge in [-0.15, -0.1) is 0 Å². The van der Waals surface area contributed by atoms with Crippen molar-refractivity contribution in [3.05, 3.63) is 0 Å². The highest BCUT2D eigenvalue weighted by molar-refractivity contribution is 8.14. The van der Waals surface area contributed by atoms with Gasteiger partial charge in [-0.05, 0) is 43.6 Å². The minimum absolute atomic E-state index is 0.423. The van der Waals surface area contributed by atoms with Gasteiger partial charge in [-0.25, -0.2) is 0 Å². The number of rotatable bonds is 8. The van der Waals surface area contributed by atoms with Crippen LogP contribution >= 0.6 is 10.5 Å². The predicted octanol–water partition coefficient (Wildman–Crippen LogP) is 3.84. The Kier molecular flexibility index (Phi) is 7.37. The fourth-order valence-electron chi connectivity index (χ4n) is 2.05. The number of unbranched alkanes of at least 4 members (excludes halogenated alkanes) is 2. The van der Waals surface area contributed by atoms with E-state index in [0.29, 0.717) is 16.6 Å². The third-order valence-corrected chi connectivity index (χ3v) is 4.75. The summed E-state index contributed by atoms with van der Waals surface area (Å²) in [5, 5.41) is 0. The van der Waals surface area contributed by atoms with E-state index in [0.717, 1.165) is 6.61 Å². The summed E-state index contributed by atoms with van der Waals surface area (Å²) in [5.41, 5.74) is 0. The first-order chi connectivity index (χ1) is 7.33. The van der Waals surface area contributed by atoms with Gasteiger partial charge in [-0.3, -0.25) is 0 Å². The lowest BCUT2D eigenvalue weighted by atomic mass is 10.1. The smallest absolute Gasteiger partial charge is 0.0576 e. The van der Waals surface area contributed by atoms with Gasteiger partial charge in [0, 0.05) is 6.61 Å². The SMILES string of the molecule is C=S(CCCCC)CCCC1CCCO1. The van der Waals surface area contributed by atoms with Crippen LogP contribution in [0.3, 0.4) is 0 Å².